The molecule has 0 bridgehead atoms. The largest absolute Gasteiger partial charge is 0.507 e. The van der Waals surface area contributed by atoms with Gasteiger partial charge in [0.1, 0.15) is 5.75 Å². The predicted octanol–water partition coefficient (Wildman–Crippen LogP) is 4.27. The minimum atomic E-state index is -0.336. The fourth-order valence-electron chi connectivity index (χ4n) is 3.66. The molecule has 0 unspecified atom stereocenters. The van der Waals surface area contributed by atoms with Crippen molar-refractivity contribution in [1.82, 2.24) is 9.80 Å². The van der Waals surface area contributed by atoms with Gasteiger partial charge in [-0.1, -0.05) is 35.9 Å². The molecular weight excluding hydrogens is 462 g/mol. The van der Waals surface area contributed by atoms with Crippen molar-refractivity contribution in [2.75, 3.05) is 31.5 Å². The van der Waals surface area contributed by atoms with E-state index in [0.717, 1.165) is 5.56 Å². The first-order valence-corrected chi connectivity index (χ1v) is 11.6. The minimum absolute atomic E-state index is 0.0541. The van der Waals surface area contributed by atoms with Crippen LogP contribution in [0.3, 0.4) is 0 Å². The number of anilines is 1. The Bertz CT molecular complexity index is 1220. The van der Waals surface area contributed by atoms with Crippen LogP contribution in [0.1, 0.15) is 36.0 Å². The number of nitrogens with one attached hydrogen (secondary N) is 1. The van der Waals surface area contributed by atoms with Crippen molar-refractivity contribution >= 4 is 45.7 Å². The fourth-order valence-corrected chi connectivity index (χ4v) is 4.92. The maximum absolute atomic E-state index is 13.1. The monoisotopic (exact) mass is 483 g/mol. The van der Waals surface area contributed by atoms with Crippen molar-refractivity contribution in [1.29, 1.82) is 0 Å². The summed E-state index contributed by atoms with van der Waals surface area (Å²) in [6.07, 6.45) is 0. The topological polar surface area (TPSA) is 90.0 Å². The number of aromatic hydroxyl groups is 1. The van der Waals surface area contributed by atoms with E-state index in [4.69, 9.17) is 11.6 Å². The first-order chi connectivity index (χ1) is 15.8. The number of piperazine rings is 1. The minimum Gasteiger partial charge on any atom is -0.507 e. The maximum Gasteiger partial charge on any atom is 0.264 e. The van der Waals surface area contributed by atoms with Gasteiger partial charge < -0.3 is 20.2 Å². The van der Waals surface area contributed by atoms with Crippen molar-refractivity contribution in [3.05, 3.63) is 81.2 Å². The van der Waals surface area contributed by atoms with E-state index >= 15 is 0 Å². The van der Waals surface area contributed by atoms with E-state index in [9.17, 15) is 19.5 Å². The summed E-state index contributed by atoms with van der Waals surface area (Å²) in [7, 11) is 0. The number of amides is 3. The van der Waals surface area contributed by atoms with E-state index in [1.165, 1.54) is 17.4 Å². The number of para-hydroxylation sites is 1. The summed E-state index contributed by atoms with van der Waals surface area (Å²) in [6, 6.07) is 15.0. The lowest BCUT2D eigenvalue weighted by molar-refractivity contribution is 0.0536. The zero-order valence-electron chi connectivity index (χ0n) is 17.9. The third-order valence-corrected chi connectivity index (χ3v) is 6.93. The predicted molar refractivity (Wildman–Crippen MR) is 128 cm³/mol. The van der Waals surface area contributed by atoms with Crippen molar-refractivity contribution in [3.8, 4) is 5.75 Å². The highest BCUT2D eigenvalue weighted by molar-refractivity contribution is 7.18. The molecule has 0 aliphatic carbocycles. The van der Waals surface area contributed by atoms with E-state index in [2.05, 4.69) is 5.32 Å². The second-order valence-corrected chi connectivity index (χ2v) is 9.12. The number of phenols is 1. The van der Waals surface area contributed by atoms with Gasteiger partial charge in [-0.05, 0) is 42.8 Å². The van der Waals surface area contributed by atoms with E-state index in [-0.39, 0.29) is 29.0 Å². The number of carbonyl (C=O) groups is 3. The second kappa shape index (κ2) is 9.64. The van der Waals surface area contributed by atoms with E-state index < -0.39 is 0 Å². The van der Waals surface area contributed by atoms with Crippen LogP contribution in [-0.4, -0.2) is 58.8 Å². The zero-order chi connectivity index (χ0) is 23.5. The highest BCUT2D eigenvalue weighted by atomic mass is 35.5. The number of thiophene rings is 1. The van der Waals surface area contributed by atoms with Crippen molar-refractivity contribution in [2.45, 2.75) is 6.92 Å². The second-order valence-electron chi connectivity index (χ2n) is 7.66. The van der Waals surface area contributed by atoms with E-state index in [0.29, 0.717) is 46.6 Å². The standard InChI is InChI=1S/C24H22ClN3O4S/c1-15-14-20(26-22(30)16-6-2-4-8-18(16)25)33-21(15)24(32)28-12-10-27(11-13-28)23(31)17-7-3-5-9-19(17)29/h2-9,14,29H,10-13H2,1H3,(H,26,30). The smallest absolute Gasteiger partial charge is 0.264 e. The first kappa shape index (κ1) is 22.8. The molecule has 3 aromatic rings. The maximum atomic E-state index is 13.1. The molecule has 0 saturated carbocycles. The van der Waals surface area contributed by atoms with E-state index in [1.54, 1.807) is 58.3 Å². The molecule has 1 fully saturated rings. The number of aryl methyl sites for hydroxylation is 1. The molecule has 3 amide bonds. The van der Waals surface area contributed by atoms with Crippen molar-refractivity contribution in [3.63, 3.8) is 0 Å². The molecule has 0 spiro atoms. The van der Waals surface area contributed by atoms with Crippen LogP contribution >= 0.6 is 22.9 Å². The lowest BCUT2D eigenvalue weighted by Gasteiger charge is -2.34. The molecule has 1 aliphatic heterocycles. The SMILES string of the molecule is Cc1cc(NC(=O)c2ccccc2Cl)sc1C(=O)N1CCN(C(=O)c2ccccc2O)CC1. The van der Waals surface area contributed by atoms with Gasteiger partial charge in [-0.25, -0.2) is 0 Å². The normalized spacial score (nSPS) is 13.6. The quantitative estimate of drug-likeness (QED) is 0.580. The van der Waals surface area contributed by atoms with Gasteiger partial charge in [0.2, 0.25) is 0 Å². The first-order valence-electron chi connectivity index (χ1n) is 10.4. The van der Waals surface area contributed by atoms with Crippen LogP contribution in [0.2, 0.25) is 5.02 Å². The Hall–Kier alpha value is -3.36. The third kappa shape index (κ3) is 4.86. The number of phenolic OH excluding ortho intramolecular Hbond substituents is 1. The van der Waals surface area contributed by atoms with Gasteiger partial charge in [0.15, 0.2) is 0 Å². The van der Waals surface area contributed by atoms with Gasteiger partial charge in [-0.3, -0.25) is 14.4 Å². The van der Waals surface area contributed by atoms with Crippen molar-refractivity contribution < 1.29 is 19.5 Å². The Kier molecular flexibility index (Phi) is 6.67. The number of benzene rings is 2. The molecule has 2 heterocycles. The summed E-state index contributed by atoms with van der Waals surface area (Å²) >= 11 is 7.31. The molecule has 7 nitrogen and oxygen atoms in total. The number of nitrogens with zero attached hydrogens (tertiary/aromatic N) is 2. The highest BCUT2D eigenvalue weighted by Crippen LogP contribution is 2.29. The Morgan fingerprint density at radius 1 is 0.909 bits per heavy atom. The zero-order valence-corrected chi connectivity index (χ0v) is 19.4. The Morgan fingerprint density at radius 3 is 2.12 bits per heavy atom. The van der Waals surface area contributed by atoms with Crippen LogP contribution in [0.15, 0.2) is 54.6 Å². The molecule has 2 aromatic carbocycles. The molecule has 1 saturated heterocycles. The molecular formula is C24H22ClN3O4S. The lowest BCUT2D eigenvalue weighted by Crippen LogP contribution is -2.50. The van der Waals surface area contributed by atoms with Crippen LogP contribution in [-0.2, 0) is 0 Å². The number of hydrogen-bond acceptors (Lipinski definition) is 5. The molecule has 170 valence electrons. The van der Waals surface area contributed by atoms with Gasteiger partial charge in [-0.2, -0.15) is 0 Å². The van der Waals surface area contributed by atoms with Gasteiger partial charge in [-0.15, -0.1) is 11.3 Å². The van der Waals surface area contributed by atoms with Crippen LogP contribution in [0, 0.1) is 6.92 Å². The number of carbonyl (C=O) groups excluding carboxylic acids is 3. The summed E-state index contributed by atoms with van der Waals surface area (Å²) in [5.74, 6) is -0.777. The summed E-state index contributed by atoms with van der Waals surface area (Å²) in [4.78, 5) is 42.2. The van der Waals surface area contributed by atoms with Crippen LogP contribution in [0.4, 0.5) is 5.00 Å². The fraction of sp³-hybridized carbons (Fsp3) is 0.208. The molecule has 9 heteroatoms. The summed E-state index contributed by atoms with van der Waals surface area (Å²) in [5.41, 5.74) is 1.39. The summed E-state index contributed by atoms with van der Waals surface area (Å²) in [6.45, 7) is 3.35. The molecule has 2 N–H and O–H groups in total. The molecule has 0 atom stereocenters. The number of rotatable bonds is 4. The molecule has 0 radical (unpaired) electrons. The lowest BCUT2D eigenvalue weighted by atomic mass is 10.1. The Labute approximate surface area is 200 Å². The third-order valence-electron chi connectivity index (χ3n) is 5.46. The molecule has 1 aromatic heterocycles. The Morgan fingerprint density at radius 2 is 1.48 bits per heavy atom. The van der Waals surface area contributed by atoms with Crippen LogP contribution < -0.4 is 5.32 Å². The number of hydrogen-bond donors (Lipinski definition) is 2. The summed E-state index contributed by atoms with van der Waals surface area (Å²) < 4.78 is 0. The van der Waals surface area contributed by atoms with Crippen LogP contribution in [0.25, 0.3) is 0 Å². The van der Waals surface area contributed by atoms with Gasteiger partial charge >= 0.3 is 0 Å². The van der Waals surface area contributed by atoms with Gasteiger partial charge in [0, 0.05) is 26.2 Å². The summed E-state index contributed by atoms with van der Waals surface area (Å²) in [5, 5.41) is 13.7. The van der Waals surface area contributed by atoms with Gasteiger partial charge in [0.25, 0.3) is 17.7 Å². The Balaban J connectivity index is 1.40. The molecule has 1 aliphatic rings. The molecule has 33 heavy (non-hydrogen) atoms. The molecule has 4 rings (SSSR count). The van der Waals surface area contributed by atoms with Gasteiger partial charge in [0.05, 0.1) is 26.0 Å². The van der Waals surface area contributed by atoms with Crippen molar-refractivity contribution in [2.24, 2.45) is 0 Å². The average molecular weight is 484 g/mol. The van der Waals surface area contributed by atoms with E-state index in [1.807, 2.05) is 6.92 Å². The highest BCUT2D eigenvalue weighted by Gasteiger charge is 2.28. The number of halogens is 1. The average Bonchev–Trinajstić information content (AvgIpc) is 3.18. The van der Waals surface area contributed by atoms with Crippen LogP contribution in [0.5, 0.6) is 5.75 Å².